The molecule has 0 aliphatic carbocycles. The van der Waals surface area contributed by atoms with Crippen LogP contribution in [-0.2, 0) is 15.1 Å². The number of methoxy groups -OCH3 is 1. The fourth-order valence-corrected chi connectivity index (χ4v) is 4.92. The summed E-state index contributed by atoms with van der Waals surface area (Å²) < 4.78 is 5.22. The van der Waals surface area contributed by atoms with Crippen molar-refractivity contribution in [3.63, 3.8) is 0 Å². The zero-order valence-electron chi connectivity index (χ0n) is 17.1. The van der Waals surface area contributed by atoms with Crippen LogP contribution >= 0.6 is 0 Å². The normalized spacial score (nSPS) is 19.9. The van der Waals surface area contributed by atoms with E-state index < -0.39 is 11.6 Å². The Morgan fingerprint density at radius 3 is 2.03 bits per heavy atom. The lowest BCUT2D eigenvalue weighted by molar-refractivity contribution is -0.144. The lowest BCUT2D eigenvalue weighted by Crippen LogP contribution is -2.58. The summed E-state index contributed by atoms with van der Waals surface area (Å²) in [6.07, 6.45) is 0. The molecule has 1 aromatic heterocycles. The first-order valence-corrected chi connectivity index (χ1v) is 10.2. The van der Waals surface area contributed by atoms with Gasteiger partial charge >= 0.3 is 5.97 Å². The van der Waals surface area contributed by atoms with E-state index in [-0.39, 0.29) is 11.9 Å². The molecule has 4 nitrogen and oxygen atoms in total. The van der Waals surface area contributed by atoms with E-state index >= 15 is 0 Å². The lowest BCUT2D eigenvalue weighted by atomic mass is 9.71. The molecule has 0 fully saturated rings. The highest BCUT2D eigenvalue weighted by molar-refractivity contribution is 5.89. The first-order valence-electron chi connectivity index (χ1n) is 10.2. The molecule has 2 unspecified atom stereocenters. The van der Waals surface area contributed by atoms with Crippen molar-refractivity contribution in [1.29, 1.82) is 0 Å². The summed E-state index contributed by atoms with van der Waals surface area (Å²) in [5.74, 6) is -0.307. The predicted octanol–water partition coefficient (Wildman–Crippen LogP) is 4.71. The number of aromatic amines is 1. The van der Waals surface area contributed by atoms with E-state index in [0.29, 0.717) is 0 Å². The van der Waals surface area contributed by atoms with Gasteiger partial charge in [0, 0.05) is 22.5 Å². The van der Waals surface area contributed by atoms with Gasteiger partial charge in [-0.15, -0.1) is 0 Å². The van der Waals surface area contributed by atoms with Gasteiger partial charge in [0.1, 0.15) is 11.6 Å². The molecule has 0 saturated heterocycles. The van der Waals surface area contributed by atoms with Crippen LogP contribution in [0.1, 0.15) is 35.2 Å². The van der Waals surface area contributed by atoms with Gasteiger partial charge in [-0.25, -0.2) is 0 Å². The first kappa shape index (κ1) is 18.6. The summed E-state index contributed by atoms with van der Waals surface area (Å²) in [4.78, 5) is 16.6. The van der Waals surface area contributed by atoms with Gasteiger partial charge in [-0.05, 0) is 22.8 Å². The largest absolute Gasteiger partial charge is 0.468 e. The quantitative estimate of drug-likeness (QED) is 0.493. The smallest absolute Gasteiger partial charge is 0.323 e. The molecule has 4 aromatic rings. The number of benzene rings is 3. The maximum Gasteiger partial charge on any atom is 0.323 e. The van der Waals surface area contributed by atoms with Crippen LogP contribution in [0.4, 0.5) is 0 Å². The minimum absolute atomic E-state index is 0.0517. The van der Waals surface area contributed by atoms with Crippen molar-refractivity contribution in [1.82, 2.24) is 10.3 Å². The van der Waals surface area contributed by atoms with Gasteiger partial charge in [0.15, 0.2) is 0 Å². The summed E-state index contributed by atoms with van der Waals surface area (Å²) in [5, 5.41) is 4.86. The maximum absolute atomic E-state index is 12.9. The van der Waals surface area contributed by atoms with E-state index in [1.54, 1.807) is 0 Å². The number of rotatable bonds is 3. The number of ether oxygens (including phenoxy) is 1. The van der Waals surface area contributed by atoms with E-state index in [1.807, 2.05) is 48.5 Å². The van der Waals surface area contributed by atoms with Crippen LogP contribution in [0.3, 0.4) is 0 Å². The molecule has 0 saturated carbocycles. The zero-order valence-corrected chi connectivity index (χ0v) is 17.1. The number of esters is 1. The Labute approximate surface area is 175 Å². The van der Waals surface area contributed by atoms with Gasteiger partial charge in [0.05, 0.1) is 7.11 Å². The maximum atomic E-state index is 12.9. The van der Waals surface area contributed by atoms with Crippen LogP contribution in [0.25, 0.3) is 10.9 Å². The van der Waals surface area contributed by atoms with Crippen molar-refractivity contribution in [3.05, 3.63) is 107 Å². The third-order valence-electron chi connectivity index (χ3n) is 6.32. The fraction of sp³-hybridized carbons (Fsp3) is 0.192. The Bertz CT molecular complexity index is 1160. The molecule has 4 heteroatoms. The molecule has 1 aliphatic heterocycles. The SMILES string of the molecule is COC(=O)C1NC(c2ccccc2)(c2ccccc2)c2[nH]c3ccccc3c2C1C. The third-order valence-corrected chi connectivity index (χ3v) is 6.32. The minimum atomic E-state index is -0.706. The molecule has 0 radical (unpaired) electrons. The summed E-state index contributed by atoms with van der Waals surface area (Å²) in [6, 6.07) is 28.4. The summed E-state index contributed by atoms with van der Waals surface area (Å²) in [5.41, 5.74) is 4.75. The van der Waals surface area contributed by atoms with Crippen molar-refractivity contribution >= 4 is 16.9 Å². The van der Waals surface area contributed by atoms with Gasteiger partial charge in [-0.2, -0.15) is 0 Å². The number of H-pyrrole nitrogens is 1. The fourth-order valence-electron chi connectivity index (χ4n) is 4.92. The van der Waals surface area contributed by atoms with Crippen molar-refractivity contribution in [2.75, 3.05) is 7.11 Å². The van der Waals surface area contributed by atoms with Gasteiger partial charge in [0.25, 0.3) is 0 Å². The van der Waals surface area contributed by atoms with Crippen molar-refractivity contribution in [2.45, 2.75) is 24.4 Å². The molecular weight excluding hydrogens is 372 g/mol. The average molecular weight is 396 g/mol. The average Bonchev–Trinajstić information content (AvgIpc) is 3.21. The number of fused-ring (bicyclic) bond motifs is 3. The molecule has 0 amide bonds. The highest BCUT2D eigenvalue weighted by Gasteiger charge is 2.49. The molecule has 3 aromatic carbocycles. The predicted molar refractivity (Wildman–Crippen MR) is 118 cm³/mol. The molecule has 2 atom stereocenters. The van der Waals surface area contributed by atoms with Gasteiger partial charge in [-0.3, -0.25) is 10.1 Å². The lowest BCUT2D eigenvalue weighted by Gasteiger charge is -2.45. The zero-order chi connectivity index (χ0) is 20.7. The Morgan fingerprint density at radius 1 is 0.867 bits per heavy atom. The van der Waals surface area contributed by atoms with E-state index in [1.165, 1.54) is 7.11 Å². The molecule has 0 spiro atoms. The second-order valence-corrected chi connectivity index (χ2v) is 7.88. The monoisotopic (exact) mass is 396 g/mol. The number of hydrogen-bond donors (Lipinski definition) is 2. The molecule has 1 aliphatic rings. The van der Waals surface area contributed by atoms with Crippen LogP contribution < -0.4 is 5.32 Å². The number of aromatic nitrogens is 1. The van der Waals surface area contributed by atoms with E-state index in [9.17, 15) is 4.79 Å². The van der Waals surface area contributed by atoms with Crippen LogP contribution in [0.2, 0.25) is 0 Å². The Kier molecular flexibility index (Phi) is 4.44. The molecular formula is C26H24N2O2. The summed E-state index contributed by atoms with van der Waals surface area (Å²) in [7, 11) is 1.45. The Balaban J connectivity index is 1.91. The van der Waals surface area contributed by atoms with Crippen LogP contribution in [0.5, 0.6) is 0 Å². The van der Waals surface area contributed by atoms with Gasteiger partial charge in [0.2, 0.25) is 0 Å². The standard InChI is InChI=1S/C26H24N2O2/c1-17-22-20-15-9-10-16-21(20)27-24(22)26(18-11-5-3-6-12-18,19-13-7-4-8-14-19)28-23(17)25(29)30-2/h3-17,23,27-28H,1-2H3. The van der Waals surface area contributed by atoms with Crippen molar-refractivity contribution in [3.8, 4) is 0 Å². The second kappa shape index (κ2) is 7.15. The van der Waals surface area contributed by atoms with Crippen molar-refractivity contribution < 1.29 is 9.53 Å². The number of nitrogens with one attached hydrogen (secondary N) is 2. The number of carbonyl (C=O) groups is 1. The van der Waals surface area contributed by atoms with E-state index in [4.69, 9.17) is 4.74 Å². The highest BCUT2D eigenvalue weighted by Crippen LogP contribution is 2.47. The first-order chi connectivity index (χ1) is 14.7. The highest BCUT2D eigenvalue weighted by atomic mass is 16.5. The third kappa shape index (κ3) is 2.61. The molecule has 2 heterocycles. The van der Waals surface area contributed by atoms with Gasteiger partial charge in [-0.1, -0.05) is 85.8 Å². The minimum Gasteiger partial charge on any atom is -0.468 e. The number of para-hydroxylation sites is 1. The molecule has 5 rings (SSSR count). The molecule has 2 N–H and O–H groups in total. The Morgan fingerprint density at radius 2 is 1.43 bits per heavy atom. The summed E-state index contributed by atoms with van der Waals surface area (Å²) in [6.45, 7) is 2.09. The van der Waals surface area contributed by atoms with Gasteiger partial charge < -0.3 is 9.72 Å². The van der Waals surface area contributed by atoms with Crippen molar-refractivity contribution in [2.24, 2.45) is 0 Å². The van der Waals surface area contributed by atoms with Crippen LogP contribution in [-0.4, -0.2) is 24.1 Å². The van der Waals surface area contributed by atoms with E-state index in [0.717, 1.165) is 33.3 Å². The van der Waals surface area contributed by atoms with E-state index in [2.05, 4.69) is 53.6 Å². The Hall–Kier alpha value is -3.37. The molecule has 0 bridgehead atoms. The second-order valence-electron chi connectivity index (χ2n) is 7.88. The number of hydrogen-bond acceptors (Lipinski definition) is 3. The molecule has 30 heavy (non-hydrogen) atoms. The summed E-state index contributed by atoms with van der Waals surface area (Å²) >= 11 is 0. The topological polar surface area (TPSA) is 54.1 Å². The number of carbonyl (C=O) groups excluding carboxylic acids is 1. The van der Waals surface area contributed by atoms with Crippen LogP contribution in [0.15, 0.2) is 84.9 Å². The van der Waals surface area contributed by atoms with Crippen LogP contribution in [0, 0.1) is 0 Å². The molecule has 150 valence electrons.